The Morgan fingerprint density at radius 2 is 2.00 bits per heavy atom. The molecule has 0 aliphatic carbocycles. The first-order valence-electron chi connectivity index (χ1n) is 4.35. The molecule has 0 bridgehead atoms. The highest BCUT2D eigenvalue weighted by molar-refractivity contribution is 7.96. The van der Waals surface area contributed by atoms with Crippen LogP contribution in [0.5, 0.6) is 0 Å². The molecular formula is C10H15NOS. The molecule has 0 saturated carbocycles. The first-order chi connectivity index (χ1) is 6.36. The van der Waals surface area contributed by atoms with Crippen molar-refractivity contribution in [2.45, 2.75) is 12.7 Å². The number of hydroxylamine groups is 1. The Balaban J connectivity index is 2.34. The molecule has 72 valence electrons. The number of hydrogen-bond acceptors (Lipinski definition) is 3. The molecule has 0 aliphatic heterocycles. The van der Waals surface area contributed by atoms with Crippen LogP contribution in [-0.4, -0.2) is 18.1 Å². The summed E-state index contributed by atoms with van der Waals surface area (Å²) in [7, 11) is 1.70. The summed E-state index contributed by atoms with van der Waals surface area (Å²) in [4.78, 5) is 5.12. The van der Waals surface area contributed by atoms with E-state index in [4.69, 9.17) is 4.84 Å². The molecule has 0 aromatic heterocycles. The van der Waals surface area contributed by atoms with Gasteiger partial charge in [0.25, 0.3) is 0 Å². The minimum absolute atomic E-state index is 0.897. The van der Waals surface area contributed by atoms with Crippen molar-refractivity contribution in [1.82, 2.24) is 4.47 Å². The van der Waals surface area contributed by atoms with Gasteiger partial charge in [0, 0.05) is 12.3 Å². The summed E-state index contributed by atoms with van der Waals surface area (Å²) >= 11 is 1.69. The molecule has 1 rings (SSSR count). The van der Waals surface area contributed by atoms with Crippen molar-refractivity contribution >= 4 is 11.9 Å². The zero-order chi connectivity index (χ0) is 9.52. The van der Waals surface area contributed by atoms with Crippen LogP contribution in [0.15, 0.2) is 30.3 Å². The SMILES string of the molecule is CCN(OC)SCc1ccccc1. The average molecular weight is 197 g/mol. The van der Waals surface area contributed by atoms with Crippen LogP contribution in [0, 0.1) is 0 Å². The zero-order valence-corrected chi connectivity index (χ0v) is 8.88. The van der Waals surface area contributed by atoms with Gasteiger partial charge >= 0.3 is 0 Å². The maximum Gasteiger partial charge on any atom is 0.0586 e. The van der Waals surface area contributed by atoms with E-state index < -0.39 is 0 Å². The van der Waals surface area contributed by atoms with E-state index >= 15 is 0 Å². The Morgan fingerprint density at radius 3 is 2.54 bits per heavy atom. The van der Waals surface area contributed by atoms with E-state index in [1.807, 2.05) is 10.5 Å². The molecule has 0 spiro atoms. The third-order valence-electron chi connectivity index (χ3n) is 1.68. The molecule has 0 atom stereocenters. The maximum absolute atomic E-state index is 5.12. The monoisotopic (exact) mass is 197 g/mol. The Bertz CT molecular complexity index is 224. The molecular weight excluding hydrogens is 182 g/mol. The van der Waals surface area contributed by atoms with E-state index in [1.165, 1.54) is 5.56 Å². The van der Waals surface area contributed by atoms with Crippen LogP contribution in [0.4, 0.5) is 0 Å². The molecule has 0 fully saturated rings. The van der Waals surface area contributed by atoms with Gasteiger partial charge in [-0.2, -0.15) is 0 Å². The molecule has 0 amide bonds. The Morgan fingerprint density at radius 1 is 1.31 bits per heavy atom. The van der Waals surface area contributed by atoms with Gasteiger partial charge in [0.1, 0.15) is 0 Å². The predicted molar refractivity (Wildman–Crippen MR) is 57.1 cm³/mol. The molecule has 13 heavy (non-hydrogen) atoms. The van der Waals surface area contributed by atoms with Crippen molar-refractivity contribution in [3.8, 4) is 0 Å². The predicted octanol–water partition coefficient (Wildman–Crippen LogP) is 2.72. The zero-order valence-electron chi connectivity index (χ0n) is 8.06. The minimum atomic E-state index is 0.897. The van der Waals surface area contributed by atoms with Gasteiger partial charge in [-0.15, -0.1) is 4.47 Å². The van der Waals surface area contributed by atoms with Gasteiger partial charge in [0.05, 0.1) is 7.11 Å². The maximum atomic E-state index is 5.12. The van der Waals surface area contributed by atoms with Crippen molar-refractivity contribution in [3.63, 3.8) is 0 Å². The Kier molecular flexibility index (Phi) is 4.90. The minimum Gasteiger partial charge on any atom is -0.292 e. The van der Waals surface area contributed by atoms with E-state index in [0.29, 0.717) is 0 Å². The molecule has 0 N–H and O–H groups in total. The van der Waals surface area contributed by atoms with Gasteiger partial charge in [-0.3, -0.25) is 4.84 Å². The molecule has 3 heteroatoms. The van der Waals surface area contributed by atoms with Gasteiger partial charge in [0.2, 0.25) is 0 Å². The molecule has 1 aromatic carbocycles. The molecule has 0 heterocycles. The molecule has 0 radical (unpaired) electrons. The second-order valence-corrected chi connectivity index (χ2v) is 3.54. The lowest BCUT2D eigenvalue weighted by molar-refractivity contribution is -0.0333. The first-order valence-corrected chi connectivity index (χ1v) is 5.29. The van der Waals surface area contributed by atoms with Crippen molar-refractivity contribution in [3.05, 3.63) is 35.9 Å². The highest BCUT2D eigenvalue weighted by Gasteiger charge is 2.00. The Labute approximate surface area is 84.0 Å². The smallest absolute Gasteiger partial charge is 0.0586 e. The number of rotatable bonds is 5. The lowest BCUT2D eigenvalue weighted by Crippen LogP contribution is -2.12. The summed E-state index contributed by atoms with van der Waals surface area (Å²) < 4.78 is 1.87. The molecule has 0 saturated heterocycles. The summed E-state index contributed by atoms with van der Waals surface area (Å²) in [6.45, 7) is 2.97. The normalized spacial score (nSPS) is 10.7. The number of hydrogen-bond donors (Lipinski definition) is 0. The summed E-state index contributed by atoms with van der Waals surface area (Å²) in [5.41, 5.74) is 1.32. The fourth-order valence-corrected chi connectivity index (χ4v) is 1.77. The van der Waals surface area contributed by atoms with E-state index in [-0.39, 0.29) is 0 Å². The molecule has 0 unspecified atom stereocenters. The van der Waals surface area contributed by atoms with Crippen LogP contribution < -0.4 is 0 Å². The van der Waals surface area contributed by atoms with Crippen LogP contribution in [0.1, 0.15) is 12.5 Å². The second kappa shape index (κ2) is 6.02. The second-order valence-electron chi connectivity index (χ2n) is 2.59. The van der Waals surface area contributed by atoms with E-state index in [1.54, 1.807) is 19.1 Å². The fourth-order valence-electron chi connectivity index (χ4n) is 0.994. The van der Waals surface area contributed by atoms with Crippen LogP contribution in [0.25, 0.3) is 0 Å². The van der Waals surface area contributed by atoms with Crippen molar-refractivity contribution in [1.29, 1.82) is 0 Å². The molecule has 2 nitrogen and oxygen atoms in total. The number of nitrogens with zero attached hydrogens (tertiary/aromatic N) is 1. The van der Waals surface area contributed by atoms with Crippen molar-refractivity contribution in [2.75, 3.05) is 13.7 Å². The molecule has 0 aliphatic rings. The summed E-state index contributed by atoms with van der Waals surface area (Å²) in [6, 6.07) is 10.4. The van der Waals surface area contributed by atoms with E-state index in [9.17, 15) is 0 Å². The largest absolute Gasteiger partial charge is 0.292 e. The van der Waals surface area contributed by atoms with Crippen molar-refractivity contribution < 1.29 is 4.84 Å². The third-order valence-corrected chi connectivity index (χ3v) is 2.84. The lowest BCUT2D eigenvalue weighted by Gasteiger charge is -2.15. The van der Waals surface area contributed by atoms with Crippen LogP contribution >= 0.6 is 11.9 Å². The van der Waals surface area contributed by atoms with Crippen LogP contribution in [-0.2, 0) is 10.6 Å². The standard InChI is InChI=1S/C10H15NOS/c1-3-11(12-2)13-9-10-7-5-4-6-8-10/h4-8H,3,9H2,1-2H3. The molecule has 1 aromatic rings. The highest BCUT2D eigenvalue weighted by Crippen LogP contribution is 2.15. The van der Waals surface area contributed by atoms with E-state index in [2.05, 4.69) is 31.2 Å². The van der Waals surface area contributed by atoms with Crippen LogP contribution in [0.3, 0.4) is 0 Å². The Hall–Kier alpha value is -0.510. The van der Waals surface area contributed by atoms with Gasteiger partial charge in [0.15, 0.2) is 0 Å². The van der Waals surface area contributed by atoms with Gasteiger partial charge < -0.3 is 0 Å². The number of benzene rings is 1. The quantitative estimate of drug-likeness (QED) is 0.532. The van der Waals surface area contributed by atoms with Gasteiger partial charge in [-0.05, 0) is 24.4 Å². The highest BCUT2D eigenvalue weighted by atomic mass is 32.2. The van der Waals surface area contributed by atoms with Gasteiger partial charge in [-0.25, -0.2) is 0 Å². The van der Waals surface area contributed by atoms with E-state index in [0.717, 1.165) is 12.3 Å². The lowest BCUT2D eigenvalue weighted by atomic mass is 10.2. The third kappa shape index (κ3) is 3.81. The summed E-state index contributed by atoms with van der Waals surface area (Å²) in [5, 5.41) is 0. The van der Waals surface area contributed by atoms with Gasteiger partial charge in [-0.1, -0.05) is 30.3 Å². The fraction of sp³-hybridized carbons (Fsp3) is 0.400. The summed E-state index contributed by atoms with van der Waals surface area (Å²) in [6.07, 6.45) is 0. The summed E-state index contributed by atoms with van der Waals surface area (Å²) in [5.74, 6) is 0.961. The van der Waals surface area contributed by atoms with Crippen molar-refractivity contribution in [2.24, 2.45) is 0 Å². The average Bonchev–Trinajstić information content (AvgIpc) is 2.21. The topological polar surface area (TPSA) is 12.5 Å². The first kappa shape index (κ1) is 10.6. The van der Waals surface area contributed by atoms with Crippen LogP contribution in [0.2, 0.25) is 0 Å².